The van der Waals surface area contributed by atoms with Crippen molar-refractivity contribution in [3.05, 3.63) is 58.5 Å². The molecule has 25 heavy (non-hydrogen) atoms. The van der Waals surface area contributed by atoms with Gasteiger partial charge < -0.3 is 5.32 Å². The highest BCUT2D eigenvalue weighted by molar-refractivity contribution is 6.03. The third kappa shape index (κ3) is 3.40. The van der Waals surface area contributed by atoms with Gasteiger partial charge in [-0.3, -0.25) is 4.79 Å². The number of carbonyl (C=O) groups is 1. The highest BCUT2D eigenvalue weighted by atomic mass is 16.1. The van der Waals surface area contributed by atoms with E-state index in [2.05, 4.69) is 36.2 Å². The van der Waals surface area contributed by atoms with Crippen LogP contribution in [-0.4, -0.2) is 20.5 Å². The Morgan fingerprint density at radius 3 is 2.40 bits per heavy atom. The van der Waals surface area contributed by atoms with Crippen LogP contribution in [0.2, 0.25) is 0 Å². The van der Waals surface area contributed by atoms with Crippen molar-refractivity contribution in [2.75, 3.05) is 5.32 Å². The lowest BCUT2D eigenvalue weighted by Gasteiger charge is -2.13. The minimum atomic E-state index is -0.215. The van der Waals surface area contributed by atoms with Crippen molar-refractivity contribution in [2.45, 2.75) is 47.0 Å². The summed E-state index contributed by atoms with van der Waals surface area (Å²) in [5, 5.41) is 7.54. The number of nitrogens with one attached hydrogen (secondary N) is 1. The third-order valence-corrected chi connectivity index (χ3v) is 4.37. The number of benzene rings is 1. The fourth-order valence-electron chi connectivity index (χ4n) is 2.62. The zero-order valence-corrected chi connectivity index (χ0v) is 15.6. The second kappa shape index (κ2) is 5.99. The Morgan fingerprint density at radius 1 is 1.04 bits per heavy atom. The van der Waals surface area contributed by atoms with Crippen LogP contribution in [0.3, 0.4) is 0 Å². The van der Waals surface area contributed by atoms with Crippen molar-refractivity contribution >= 4 is 17.2 Å². The van der Waals surface area contributed by atoms with Gasteiger partial charge in [-0.05, 0) is 50.1 Å². The number of anilines is 1. The molecule has 0 aliphatic rings. The van der Waals surface area contributed by atoms with Crippen LogP contribution in [0.5, 0.6) is 0 Å². The zero-order chi connectivity index (χ0) is 18.4. The zero-order valence-electron chi connectivity index (χ0n) is 15.6. The number of aryl methyl sites for hydroxylation is 3. The number of rotatable bonds is 2. The molecule has 0 aliphatic carbocycles. The first-order chi connectivity index (χ1) is 11.6. The molecule has 3 rings (SSSR count). The van der Waals surface area contributed by atoms with Crippen molar-refractivity contribution in [1.29, 1.82) is 0 Å². The monoisotopic (exact) mass is 336 g/mol. The van der Waals surface area contributed by atoms with E-state index in [1.54, 1.807) is 10.6 Å². The Kier molecular flexibility index (Phi) is 4.11. The van der Waals surface area contributed by atoms with Gasteiger partial charge in [-0.2, -0.15) is 5.10 Å². The van der Waals surface area contributed by atoms with Gasteiger partial charge in [0.15, 0.2) is 5.65 Å². The molecule has 1 aromatic carbocycles. The highest BCUT2D eigenvalue weighted by Gasteiger charge is 2.20. The number of fused-ring (bicyclic) bond motifs is 1. The van der Waals surface area contributed by atoms with E-state index in [4.69, 9.17) is 0 Å². The third-order valence-electron chi connectivity index (χ3n) is 4.37. The van der Waals surface area contributed by atoms with E-state index in [0.717, 1.165) is 22.6 Å². The van der Waals surface area contributed by atoms with Gasteiger partial charge in [0, 0.05) is 22.9 Å². The lowest BCUT2D eigenvalue weighted by Crippen LogP contribution is -2.15. The molecule has 0 unspecified atom stereocenters. The van der Waals surface area contributed by atoms with Crippen molar-refractivity contribution in [3.63, 3.8) is 0 Å². The molecule has 0 spiro atoms. The van der Waals surface area contributed by atoms with Crippen molar-refractivity contribution in [3.8, 4) is 0 Å². The van der Waals surface area contributed by atoms with E-state index < -0.39 is 0 Å². The molecule has 2 heterocycles. The molecule has 130 valence electrons. The molecule has 0 saturated heterocycles. The summed E-state index contributed by atoms with van der Waals surface area (Å²) in [6.45, 7) is 12.3. The maximum Gasteiger partial charge on any atom is 0.274 e. The molecule has 5 heteroatoms. The Balaban J connectivity index is 1.94. The first kappa shape index (κ1) is 17.1. The molecule has 0 radical (unpaired) electrons. The topological polar surface area (TPSA) is 59.3 Å². The largest absolute Gasteiger partial charge is 0.321 e. The molecule has 0 fully saturated rings. The summed E-state index contributed by atoms with van der Waals surface area (Å²) >= 11 is 0. The Morgan fingerprint density at radius 2 is 1.76 bits per heavy atom. The molecular formula is C20H24N4O. The number of hydrogen-bond acceptors (Lipinski definition) is 3. The quantitative estimate of drug-likeness (QED) is 0.763. The highest BCUT2D eigenvalue weighted by Crippen LogP contribution is 2.22. The van der Waals surface area contributed by atoms with Gasteiger partial charge >= 0.3 is 0 Å². The summed E-state index contributed by atoms with van der Waals surface area (Å²) in [6, 6.07) is 9.58. The number of nitrogens with zero attached hydrogens (tertiary/aromatic N) is 3. The molecule has 2 aromatic heterocycles. The molecule has 1 N–H and O–H groups in total. The Bertz CT molecular complexity index is 964. The van der Waals surface area contributed by atoms with E-state index >= 15 is 0 Å². The Hall–Kier alpha value is -2.69. The van der Waals surface area contributed by atoms with E-state index in [1.165, 1.54) is 5.56 Å². The second-order valence-corrected chi connectivity index (χ2v) is 7.59. The first-order valence-electron chi connectivity index (χ1n) is 8.41. The van der Waals surface area contributed by atoms with Crippen molar-refractivity contribution in [2.24, 2.45) is 0 Å². The summed E-state index contributed by atoms with van der Waals surface area (Å²) in [5.74, 6) is -0.215. The molecular weight excluding hydrogens is 312 g/mol. The molecule has 0 saturated carbocycles. The normalized spacial score (nSPS) is 11.8. The van der Waals surface area contributed by atoms with Gasteiger partial charge in [0.1, 0.15) is 5.69 Å². The first-order valence-corrected chi connectivity index (χ1v) is 8.41. The summed E-state index contributed by atoms with van der Waals surface area (Å²) in [5.41, 5.74) is 5.96. The van der Waals surface area contributed by atoms with Crippen LogP contribution in [0.15, 0.2) is 30.3 Å². The average molecular weight is 336 g/mol. The minimum Gasteiger partial charge on any atom is -0.321 e. The van der Waals surface area contributed by atoms with E-state index in [1.807, 2.05) is 45.0 Å². The summed E-state index contributed by atoms with van der Waals surface area (Å²) in [4.78, 5) is 17.1. The van der Waals surface area contributed by atoms with Crippen LogP contribution in [0.25, 0.3) is 5.65 Å². The molecule has 3 aromatic rings. The lowest BCUT2D eigenvalue weighted by molar-refractivity contribution is 0.102. The van der Waals surface area contributed by atoms with Crippen LogP contribution in [0.1, 0.15) is 53.8 Å². The summed E-state index contributed by atoms with van der Waals surface area (Å²) in [7, 11) is 0. The van der Waals surface area contributed by atoms with Gasteiger partial charge in [-0.25, -0.2) is 9.50 Å². The lowest BCUT2D eigenvalue weighted by atomic mass is 9.93. The number of aromatic nitrogens is 3. The maximum absolute atomic E-state index is 12.6. The van der Waals surface area contributed by atoms with Gasteiger partial charge in [-0.15, -0.1) is 0 Å². The van der Waals surface area contributed by atoms with E-state index in [0.29, 0.717) is 11.3 Å². The molecule has 1 amide bonds. The predicted molar refractivity (Wildman–Crippen MR) is 100 cm³/mol. The van der Waals surface area contributed by atoms with E-state index in [-0.39, 0.29) is 11.3 Å². The molecule has 0 aliphatic heterocycles. The smallest absolute Gasteiger partial charge is 0.274 e. The van der Waals surface area contributed by atoms with Gasteiger partial charge in [0.25, 0.3) is 5.91 Å². The average Bonchev–Trinajstić information content (AvgIpc) is 2.96. The number of hydrogen-bond donors (Lipinski definition) is 1. The van der Waals surface area contributed by atoms with Crippen LogP contribution in [0.4, 0.5) is 5.69 Å². The van der Waals surface area contributed by atoms with Crippen LogP contribution < -0.4 is 5.32 Å². The van der Waals surface area contributed by atoms with Crippen molar-refractivity contribution < 1.29 is 4.79 Å². The van der Waals surface area contributed by atoms with Gasteiger partial charge in [0.05, 0.1) is 5.69 Å². The maximum atomic E-state index is 12.6. The van der Waals surface area contributed by atoms with Gasteiger partial charge in [0.2, 0.25) is 0 Å². The van der Waals surface area contributed by atoms with Crippen molar-refractivity contribution in [1.82, 2.24) is 14.6 Å². The Labute approximate surface area is 148 Å². The summed E-state index contributed by atoms with van der Waals surface area (Å²) < 4.78 is 1.79. The standard InChI is InChI=1S/C20H24N4O/c1-12-7-8-15(9-13(12)2)21-19(25)16-10-14(3)24-18(22-16)11-17(23-24)20(4,5)6/h7-11H,1-6H3,(H,21,25). The number of amides is 1. The van der Waals surface area contributed by atoms with Gasteiger partial charge in [-0.1, -0.05) is 26.8 Å². The molecule has 0 atom stereocenters. The minimum absolute atomic E-state index is 0.0675. The SMILES string of the molecule is Cc1ccc(NC(=O)c2cc(C)n3nc(C(C)(C)C)cc3n2)cc1C. The van der Waals surface area contributed by atoms with Crippen LogP contribution >= 0.6 is 0 Å². The predicted octanol–water partition coefficient (Wildman–Crippen LogP) is 4.20. The number of carbonyl (C=O) groups excluding carboxylic acids is 1. The van der Waals surface area contributed by atoms with Crippen LogP contribution in [-0.2, 0) is 5.41 Å². The fraction of sp³-hybridized carbons (Fsp3) is 0.350. The van der Waals surface area contributed by atoms with E-state index in [9.17, 15) is 4.79 Å². The second-order valence-electron chi connectivity index (χ2n) is 7.59. The molecule has 5 nitrogen and oxygen atoms in total. The van der Waals surface area contributed by atoms with Crippen LogP contribution in [0, 0.1) is 20.8 Å². The summed E-state index contributed by atoms with van der Waals surface area (Å²) in [6.07, 6.45) is 0. The fourth-order valence-corrected chi connectivity index (χ4v) is 2.62. The molecule has 0 bridgehead atoms.